The fourth-order valence-electron chi connectivity index (χ4n) is 5.58. The van der Waals surface area contributed by atoms with E-state index in [0.717, 1.165) is 5.56 Å². The number of carbonyl (C=O) groups is 4. The number of sulfone groups is 1. The van der Waals surface area contributed by atoms with E-state index in [1.165, 1.54) is 17.0 Å². The summed E-state index contributed by atoms with van der Waals surface area (Å²) >= 11 is 12.3. The van der Waals surface area contributed by atoms with Crippen molar-refractivity contribution in [3.63, 3.8) is 0 Å². The normalized spacial score (nSPS) is 20.6. The van der Waals surface area contributed by atoms with E-state index in [1.807, 2.05) is 0 Å². The molecule has 0 spiro atoms. The zero-order chi connectivity index (χ0) is 29.2. The Morgan fingerprint density at radius 1 is 1.00 bits per heavy atom. The molecule has 0 unspecified atom stereocenters. The van der Waals surface area contributed by atoms with Crippen LogP contribution in [0.5, 0.6) is 0 Å². The molecule has 1 saturated carbocycles. The summed E-state index contributed by atoms with van der Waals surface area (Å²) in [4.78, 5) is 54.2. The van der Waals surface area contributed by atoms with Gasteiger partial charge in [-0.2, -0.15) is 0 Å². The Bertz CT molecular complexity index is 1420. The highest BCUT2D eigenvalue weighted by atomic mass is 35.5. The SMILES string of the molecule is CCCC(=O)C(=O)[C@H](CC)CC(=O)[C@@H]1C[C@@H](S(=O)(=O)c2ccccc2Cl)CN1C(=O)C1(c2ccc(Cl)cc2)CC1. The molecule has 4 rings (SSSR count). The lowest BCUT2D eigenvalue weighted by Gasteiger charge is -2.29. The molecule has 1 aliphatic heterocycles. The molecule has 40 heavy (non-hydrogen) atoms. The predicted octanol–water partition coefficient (Wildman–Crippen LogP) is 5.39. The van der Waals surface area contributed by atoms with Crippen molar-refractivity contribution in [1.82, 2.24) is 4.90 Å². The Balaban J connectivity index is 1.66. The molecule has 1 aliphatic carbocycles. The summed E-state index contributed by atoms with van der Waals surface area (Å²) in [6.07, 6.45) is 1.71. The first-order chi connectivity index (χ1) is 19.0. The molecule has 0 radical (unpaired) electrons. The van der Waals surface area contributed by atoms with Crippen LogP contribution in [0.1, 0.15) is 64.4 Å². The highest BCUT2D eigenvalue weighted by Gasteiger charge is 2.57. The summed E-state index contributed by atoms with van der Waals surface area (Å²) < 4.78 is 27.3. The Morgan fingerprint density at radius 2 is 1.65 bits per heavy atom. The van der Waals surface area contributed by atoms with Gasteiger partial charge in [0.25, 0.3) is 0 Å². The van der Waals surface area contributed by atoms with E-state index in [-0.39, 0.29) is 48.1 Å². The van der Waals surface area contributed by atoms with Gasteiger partial charge in [0.1, 0.15) is 0 Å². The van der Waals surface area contributed by atoms with Crippen LogP contribution >= 0.6 is 23.2 Å². The molecule has 2 aromatic carbocycles. The highest BCUT2D eigenvalue weighted by Crippen LogP contribution is 2.51. The molecule has 214 valence electrons. The van der Waals surface area contributed by atoms with Gasteiger partial charge in [-0.05, 0) is 61.9 Å². The lowest BCUT2D eigenvalue weighted by Crippen LogP contribution is -2.46. The van der Waals surface area contributed by atoms with Crippen molar-refractivity contribution in [2.45, 2.75) is 80.4 Å². The van der Waals surface area contributed by atoms with E-state index in [9.17, 15) is 27.6 Å². The summed E-state index contributed by atoms with van der Waals surface area (Å²) in [6.45, 7) is 3.36. The number of amides is 1. The standard InChI is InChI=1S/C30H33Cl2NO6S/c1-3-7-25(34)28(36)19(4-2)16-26(35)24-17-22(40(38,39)27-9-6-5-8-23(27)32)18-33(24)29(37)30(14-15-30)20-10-12-21(31)13-11-20/h5-6,8-13,19,22,24H,3-4,7,14-18H2,1-2H3/t19-,22-,24+/m1/s1. The molecular weight excluding hydrogens is 573 g/mol. The first-order valence-corrected chi connectivity index (χ1v) is 15.9. The number of Topliss-reactive ketones (excluding diaryl/α,β-unsaturated/α-hetero) is 3. The minimum absolute atomic E-state index is 0.0484. The van der Waals surface area contributed by atoms with Crippen LogP contribution in [0.25, 0.3) is 0 Å². The lowest BCUT2D eigenvalue weighted by molar-refractivity contribution is -0.142. The minimum Gasteiger partial charge on any atom is -0.331 e. The van der Waals surface area contributed by atoms with Crippen molar-refractivity contribution < 1.29 is 27.6 Å². The van der Waals surface area contributed by atoms with E-state index in [0.29, 0.717) is 24.3 Å². The Kier molecular flexibility index (Phi) is 9.22. The molecule has 1 amide bonds. The van der Waals surface area contributed by atoms with Gasteiger partial charge in [-0.1, -0.05) is 61.3 Å². The third-order valence-electron chi connectivity index (χ3n) is 8.10. The van der Waals surface area contributed by atoms with Crippen molar-refractivity contribution >= 4 is 56.3 Å². The van der Waals surface area contributed by atoms with Crippen LogP contribution in [0.2, 0.25) is 10.0 Å². The zero-order valence-electron chi connectivity index (χ0n) is 22.6. The number of hydrogen-bond acceptors (Lipinski definition) is 6. The maximum Gasteiger partial charge on any atom is 0.233 e. The van der Waals surface area contributed by atoms with E-state index in [2.05, 4.69) is 0 Å². The smallest absolute Gasteiger partial charge is 0.233 e. The van der Waals surface area contributed by atoms with E-state index in [4.69, 9.17) is 23.2 Å². The van der Waals surface area contributed by atoms with Crippen LogP contribution in [-0.2, 0) is 34.4 Å². The van der Waals surface area contributed by atoms with E-state index < -0.39 is 49.8 Å². The van der Waals surface area contributed by atoms with Crippen LogP contribution in [-0.4, -0.2) is 54.4 Å². The second kappa shape index (κ2) is 12.1. The predicted molar refractivity (Wildman–Crippen MR) is 153 cm³/mol. The van der Waals surface area contributed by atoms with Gasteiger partial charge in [0, 0.05) is 30.3 Å². The summed E-state index contributed by atoms with van der Waals surface area (Å²) in [7, 11) is -3.99. The van der Waals surface area contributed by atoms with E-state index >= 15 is 0 Å². The Morgan fingerprint density at radius 3 is 2.23 bits per heavy atom. The average molecular weight is 607 g/mol. The monoisotopic (exact) mass is 605 g/mol. The topological polar surface area (TPSA) is 106 Å². The maximum atomic E-state index is 14.1. The van der Waals surface area contributed by atoms with Crippen LogP contribution in [0.4, 0.5) is 0 Å². The summed E-state index contributed by atoms with van der Waals surface area (Å²) in [5.41, 5.74) is -0.0965. The molecular formula is C30H33Cl2NO6S. The second-order valence-corrected chi connectivity index (χ2v) is 13.7. The van der Waals surface area contributed by atoms with Crippen molar-refractivity contribution in [2.24, 2.45) is 5.92 Å². The van der Waals surface area contributed by atoms with Crippen molar-refractivity contribution in [2.75, 3.05) is 6.54 Å². The van der Waals surface area contributed by atoms with Crippen molar-refractivity contribution in [3.05, 3.63) is 64.1 Å². The number of hydrogen-bond donors (Lipinski definition) is 0. The molecule has 2 aromatic rings. The van der Waals surface area contributed by atoms with Crippen molar-refractivity contribution in [1.29, 1.82) is 0 Å². The van der Waals surface area contributed by atoms with Gasteiger partial charge in [0.2, 0.25) is 11.7 Å². The molecule has 7 nitrogen and oxygen atoms in total. The third-order valence-corrected chi connectivity index (χ3v) is 11.0. The molecule has 10 heteroatoms. The minimum atomic E-state index is -3.99. The average Bonchev–Trinajstić information content (AvgIpc) is 3.61. The first kappa shape index (κ1) is 30.4. The largest absolute Gasteiger partial charge is 0.331 e. The quantitative estimate of drug-likeness (QED) is 0.300. The Hall–Kier alpha value is -2.55. The molecule has 2 fully saturated rings. The number of halogens is 2. The molecule has 0 bridgehead atoms. The van der Waals surface area contributed by atoms with Crippen LogP contribution < -0.4 is 0 Å². The van der Waals surface area contributed by atoms with Gasteiger partial charge >= 0.3 is 0 Å². The van der Waals surface area contributed by atoms with Gasteiger partial charge in [-0.3, -0.25) is 19.2 Å². The summed E-state index contributed by atoms with van der Waals surface area (Å²) in [6, 6.07) is 12.0. The number of ketones is 3. The van der Waals surface area contributed by atoms with Crippen LogP contribution in [0.3, 0.4) is 0 Å². The van der Waals surface area contributed by atoms with Gasteiger partial charge < -0.3 is 4.90 Å². The fraction of sp³-hybridized carbons (Fsp3) is 0.467. The molecule has 0 aromatic heterocycles. The molecule has 0 N–H and O–H groups in total. The third kappa shape index (κ3) is 5.90. The number of nitrogens with zero attached hydrogens (tertiary/aromatic N) is 1. The maximum absolute atomic E-state index is 14.1. The number of carbonyl (C=O) groups excluding carboxylic acids is 4. The lowest BCUT2D eigenvalue weighted by atomic mass is 9.88. The fourth-order valence-corrected chi connectivity index (χ4v) is 7.93. The second-order valence-electron chi connectivity index (χ2n) is 10.7. The highest BCUT2D eigenvalue weighted by molar-refractivity contribution is 7.92. The van der Waals surface area contributed by atoms with Crippen LogP contribution in [0.15, 0.2) is 53.4 Å². The number of benzene rings is 2. The zero-order valence-corrected chi connectivity index (χ0v) is 24.9. The van der Waals surface area contributed by atoms with E-state index in [1.54, 1.807) is 50.2 Å². The van der Waals surface area contributed by atoms with Gasteiger partial charge in [0.05, 0.1) is 26.6 Å². The number of likely N-dealkylation sites (tertiary alicyclic amines) is 1. The molecule has 3 atom stereocenters. The number of rotatable bonds is 12. The molecule has 1 heterocycles. The van der Waals surface area contributed by atoms with Crippen molar-refractivity contribution in [3.8, 4) is 0 Å². The molecule has 2 aliphatic rings. The van der Waals surface area contributed by atoms with Gasteiger partial charge in [0.15, 0.2) is 21.4 Å². The summed E-state index contributed by atoms with van der Waals surface area (Å²) in [5, 5.41) is -0.454. The van der Waals surface area contributed by atoms with Gasteiger partial charge in [-0.15, -0.1) is 0 Å². The Labute approximate surface area is 245 Å². The first-order valence-electron chi connectivity index (χ1n) is 13.6. The summed E-state index contributed by atoms with van der Waals surface area (Å²) in [5.74, 6) is -2.64. The molecule has 1 saturated heterocycles. The van der Waals surface area contributed by atoms with Gasteiger partial charge in [-0.25, -0.2) is 8.42 Å². The van der Waals surface area contributed by atoms with Crippen LogP contribution in [0, 0.1) is 5.92 Å².